The van der Waals surface area contributed by atoms with Gasteiger partial charge in [-0.1, -0.05) is 0 Å². The molecule has 0 aliphatic rings. The van der Waals surface area contributed by atoms with Gasteiger partial charge >= 0.3 is 6.18 Å². The second-order valence-corrected chi connectivity index (χ2v) is 5.52. The summed E-state index contributed by atoms with van der Waals surface area (Å²) in [5.41, 5.74) is 0. The Balaban J connectivity index is 0.00000484. The van der Waals surface area contributed by atoms with Crippen LogP contribution in [0.4, 0.5) is 17.6 Å². The van der Waals surface area contributed by atoms with Crippen molar-refractivity contribution in [1.29, 1.82) is 0 Å². The molecule has 0 aliphatic heterocycles. The van der Waals surface area contributed by atoms with Crippen molar-refractivity contribution in [2.75, 3.05) is 25.4 Å². The minimum absolute atomic E-state index is 0. The zero-order valence-electron chi connectivity index (χ0n) is 12.6. The lowest BCUT2D eigenvalue weighted by Gasteiger charge is -2.11. The van der Waals surface area contributed by atoms with E-state index in [1.165, 1.54) is 23.9 Å². The molecular formula is C14H20F4IN3S. The number of alkyl halides is 3. The van der Waals surface area contributed by atoms with Crippen LogP contribution in [0.5, 0.6) is 0 Å². The van der Waals surface area contributed by atoms with Gasteiger partial charge in [-0.2, -0.15) is 13.2 Å². The smallest absolute Gasteiger partial charge is 0.357 e. The number of nitrogens with zero attached hydrogens (tertiary/aromatic N) is 1. The molecule has 0 atom stereocenters. The quantitative estimate of drug-likeness (QED) is 0.159. The molecule has 0 heterocycles. The van der Waals surface area contributed by atoms with Crippen molar-refractivity contribution < 1.29 is 17.6 Å². The predicted octanol–water partition coefficient (Wildman–Crippen LogP) is 4.04. The predicted molar refractivity (Wildman–Crippen MR) is 97.2 cm³/mol. The number of aliphatic imine (C=N–C) groups is 1. The first-order valence-electron chi connectivity index (χ1n) is 6.88. The van der Waals surface area contributed by atoms with E-state index >= 15 is 0 Å². The molecule has 0 aromatic heterocycles. The molecule has 9 heteroatoms. The summed E-state index contributed by atoms with van der Waals surface area (Å²) in [5, 5.41) is 5.85. The molecular weight excluding hydrogens is 445 g/mol. The van der Waals surface area contributed by atoms with Gasteiger partial charge < -0.3 is 10.6 Å². The molecule has 3 nitrogen and oxygen atoms in total. The molecule has 132 valence electrons. The van der Waals surface area contributed by atoms with Gasteiger partial charge in [-0.3, -0.25) is 4.99 Å². The number of guanidine groups is 1. The van der Waals surface area contributed by atoms with E-state index in [0.717, 1.165) is 4.90 Å². The number of hydrogen-bond acceptors (Lipinski definition) is 2. The third kappa shape index (κ3) is 11.5. The fourth-order valence-electron chi connectivity index (χ4n) is 1.51. The van der Waals surface area contributed by atoms with Gasteiger partial charge in [0.2, 0.25) is 0 Å². The highest BCUT2D eigenvalue weighted by Gasteiger charge is 2.26. The maximum atomic E-state index is 12.7. The van der Waals surface area contributed by atoms with Crippen LogP contribution in [-0.4, -0.2) is 37.5 Å². The van der Waals surface area contributed by atoms with Crippen molar-refractivity contribution >= 4 is 41.7 Å². The molecule has 0 amide bonds. The zero-order valence-corrected chi connectivity index (χ0v) is 15.8. The Morgan fingerprint density at radius 3 is 2.39 bits per heavy atom. The van der Waals surface area contributed by atoms with Crippen molar-refractivity contribution in [3.8, 4) is 0 Å². The summed E-state index contributed by atoms with van der Waals surface area (Å²) in [7, 11) is 0. The normalized spacial score (nSPS) is 11.8. The van der Waals surface area contributed by atoms with Crippen LogP contribution >= 0.6 is 35.7 Å². The molecule has 1 rings (SSSR count). The van der Waals surface area contributed by atoms with Crippen LogP contribution in [0.25, 0.3) is 0 Å². The van der Waals surface area contributed by atoms with Gasteiger partial charge in [-0.05, 0) is 31.2 Å². The lowest BCUT2D eigenvalue weighted by molar-refractivity contribution is -0.132. The van der Waals surface area contributed by atoms with Crippen LogP contribution in [0.2, 0.25) is 0 Å². The number of nitrogens with one attached hydrogen (secondary N) is 2. The SMILES string of the molecule is CCNC(=NCCC(F)(F)F)NCCSc1ccc(F)cc1.I. The molecule has 0 radical (unpaired) electrons. The minimum atomic E-state index is -4.20. The highest BCUT2D eigenvalue weighted by Crippen LogP contribution is 2.19. The second kappa shape index (κ2) is 11.8. The lowest BCUT2D eigenvalue weighted by Crippen LogP contribution is -2.38. The van der Waals surface area contributed by atoms with E-state index in [1.807, 2.05) is 6.92 Å². The van der Waals surface area contributed by atoms with E-state index in [9.17, 15) is 17.6 Å². The largest absolute Gasteiger partial charge is 0.390 e. The van der Waals surface area contributed by atoms with Gasteiger partial charge in [0, 0.05) is 23.7 Å². The van der Waals surface area contributed by atoms with Crippen LogP contribution in [0.15, 0.2) is 34.2 Å². The first kappa shape index (κ1) is 22.3. The number of rotatable bonds is 7. The lowest BCUT2D eigenvalue weighted by atomic mass is 10.4. The van der Waals surface area contributed by atoms with Gasteiger partial charge in [0.1, 0.15) is 5.82 Å². The van der Waals surface area contributed by atoms with Crippen LogP contribution in [0.1, 0.15) is 13.3 Å². The minimum Gasteiger partial charge on any atom is -0.357 e. The molecule has 2 N–H and O–H groups in total. The van der Waals surface area contributed by atoms with Gasteiger partial charge in [0.05, 0.1) is 13.0 Å². The maximum absolute atomic E-state index is 12.7. The first-order valence-corrected chi connectivity index (χ1v) is 7.86. The van der Waals surface area contributed by atoms with Crippen LogP contribution in [0, 0.1) is 5.82 Å². The average Bonchev–Trinajstić information content (AvgIpc) is 2.44. The fraction of sp³-hybridized carbons (Fsp3) is 0.500. The van der Waals surface area contributed by atoms with E-state index in [2.05, 4.69) is 15.6 Å². The van der Waals surface area contributed by atoms with Gasteiger partial charge in [0.15, 0.2) is 5.96 Å². The maximum Gasteiger partial charge on any atom is 0.390 e. The molecule has 0 unspecified atom stereocenters. The summed E-state index contributed by atoms with van der Waals surface area (Å²) in [5.74, 6) is 0.773. The van der Waals surface area contributed by atoms with E-state index < -0.39 is 12.6 Å². The Bertz CT molecular complexity index is 466. The Labute approximate surface area is 154 Å². The van der Waals surface area contributed by atoms with Crippen molar-refractivity contribution in [2.45, 2.75) is 24.4 Å². The Kier molecular flexibility index (Phi) is 11.4. The molecule has 0 fully saturated rings. The Morgan fingerprint density at radius 2 is 1.83 bits per heavy atom. The fourth-order valence-corrected chi connectivity index (χ4v) is 2.27. The van der Waals surface area contributed by atoms with Crippen LogP contribution in [0.3, 0.4) is 0 Å². The molecule has 0 spiro atoms. The molecule has 1 aromatic carbocycles. The molecule has 0 saturated carbocycles. The van der Waals surface area contributed by atoms with E-state index in [4.69, 9.17) is 0 Å². The summed E-state index contributed by atoms with van der Waals surface area (Å²) in [6.07, 6.45) is -5.13. The Hall–Kier alpha value is -0.710. The Morgan fingerprint density at radius 1 is 1.17 bits per heavy atom. The van der Waals surface area contributed by atoms with Crippen LogP contribution < -0.4 is 10.6 Å². The van der Waals surface area contributed by atoms with E-state index in [-0.39, 0.29) is 36.3 Å². The van der Waals surface area contributed by atoms with Crippen molar-refractivity contribution in [3.05, 3.63) is 30.1 Å². The van der Waals surface area contributed by atoms with Crippen molar-refractivity contribution in [2.24, 2.45) is 4.99 Å². The average molecular weight is 465 g/mol. The zero-order chi connectivity index (χ0) is 16.4. The summed E-state index contributed by atoms with van der Waals surface area (Å²) >= 11 is 1.53. The van der Waals surface area contributed by atoms with E-state index in [0.29, 0.717) is 24.8 Å². The van der Waals surface area contributed by atoms with Gasteiger partial charge in [0.25, 0.3) is 0 Å². The number of benzene rings is 1. The van der Waals surface area contributed by atoms with Crippen molar-refractivity contribution in [1.82, 2.24) is 10.6 Å². The molecule has 0 saturated heterocycles. The standard InChI is InChI=1S/C14H19F4N3S.HI/c1-2-19-13(20-8-7-14(16,17)18)21-9-10-22-12-5-3-11(15)4-6-12;/h3-6H,2,7-10H2,1H3,(H2,19,20,21);1H. The molecule has 0 aliphatic carbocycles. The third-order valence-corrected chi connectivity index (χ3v) is 3.50. The topological polar surface area (TPSA) is 36.4 Å². The van der Waals surface area contributed by atoms with Gasteiger partial charge in [-0.15, -0.1) is 35.7 Å². The van der Waals surface area contributed by atoms with Crippen LogP contribution in [-0.2, 0) is 0 Å². The summed E-state index contributed by atoms with van der Waals surface area (Å²) < 4.78 is 49.0. The summed E-state index contributed by atoms with van der Waals surface area (Å²) in [4.78, 5) is 4.80. The highest BCUT2D eigenvalue weighted by atomic mass is 127. The third-order valence-electron chi connectivity index (χ3n) is 2.49. The molecule has 23 heavy (non-hydrogen) atoms. The summed E-state index contributed by atoms with van der Waals surface area (Å²) in [6, 6.07) is 6.14. The number of thioether (sulfide) groups is 1. The van der Waals surface area contributed by atoms with Gasteiger partial charge in [-0.25, -0.2) is 4.39 Å². The van der Waals surface area contributed by atoms with E-state index in [1.54, 1.807) is 12.1 Å². The number of halogens is 5. The first-order chi connectivity index (χ1) is 10.4. The molecule has 1 aromatic rings. The highest BCUT2D eigenvalue weighted by molar-refractivity contribution is 14.0. The summed E-state index contributed by atoms with van der Waals surface area (Å²) in [6.45, 7) is 2.65. The second-order valence-electron chi connectivity index (χ2n) is 4.35. The number of hydrogen-bond donors (Lipinski definition) is 2. The van der Waals surface area contributed by atoms with Crippen molar-refractivity contribution in [3.63, 3.8) is 0 Å². The molecule has 0 bridgehead atoms. The monoisotopic (exact) mass is 465 g/mol.